The van der Waals surface area contributed by atoms with Gasteiger partial charge in [-0.15, -0.1) is 0 Å². The molecule has 2 aromatic rings. The van der Waals surface area contributed by atoms with Crippen LogP contribution in [0.4, 0.5) is 8.78 Å². The third-order valence-corrected chi connectivity index (χ3v) is 4.23. The topological polar surface area (TPSA) is 0 Å². The van der Waals surface area contributed by atoms with Crippen molar-refractivity contribution in [1.29, 1.82) is 0 Å². The van der Waals surface area contributed by atoms with Gasteiger partial charge in [0.1, 0.15) is 11.6 Å². The van der Waals surface area contributed by atoms with Gasteiger partial charge >= 0.3 is 0 Å². The molecule has 0 nitrogen and oxygen atoms in total. The van der Waals surface area contributed by atoms with Crippen LogP contribution in [0.1, 0.15) is 49.3 Å². The molecular weight excluding hydrogens is 358 g/mol. The predicted molar refractivity (Wildman–Crippen MR) is 94.3 cm³/mol. The molecule has 0 amide bonds. The Morgan fingerprint density at radius 2 is 1.65 bits per heavy atom. The summed E-state index contributed by atoms with van der Waals surface area (Å²) in [4.78, 5) is 0. The maximum Gasteiger partial charge on any atom is 0.140 e. The van der Waals surface area contributed by atoms with Gasteiger partial charge in [0, 0.05) is 5.56 Å². The number of benzene rings is 2. The summed E-state index contributed by atoms with van der Waals surface area (Å²) in [6, 6.07) is 10.2. The highest BCUT2D eigenvalue weighted by atomic mass is 79.9. The normalized spacial score (nSPS) is 10.3. The van der Waals surface area contributed by atoms with Crippen LogP contribution in [0.15, 0.2) is 40.9 Å². The summed E-state index contributed by atoms with van der Waals surface area (Å²) in [5.74, 6) is 4.53. The van der Waals surface area contributed by atoms with Gasteiger partial charge in [0.05, 0.1) is 10.0 Å². The molecule has 0 saturated heterocycles. The van der Waals surface area contributed by atoms with E-state index < -0.39 is 11.6 Å². The second-order valence-electron chi connectivity index (χ2n) is 5.50. The van der Waals surface area contributed by atoms with Gasteiger partial charge in [-0.05, 0) is 58.6 Å². The molecule has 0 fully saturated rings. The first kappa shape index (κ1) is 17.7. The van der Waals surface area contributed by atoms with Crippen LogP contribution in [0.5, 0.6) is 0 Å². The van der Waals surface area contributed by atoms with Gasteiger partial charge in [-0.1, -0.05) is 50.2 Å². The van der Waals surface area contributed by atoms with Crippen molar-refractivity contribution in [2.24, 2.45) is 0 Å². The molecule has 0 saturated carbocycles. The van der Waals surface area contributed by atoms with Gasteiger partial charge in [-0.3, -0.25) is 0 Å². The van der Waals surface area contributed by atoms with Crippen LogP contribution in [-0.2, 0) is 6.42 Å². The van der Waals surface area contributed by atoms with Gasteiger partial charge in [0.25, 0.3) is 0 Å². The Kier molecular flexibility index (Phi) is 6.80. The van der Waals surface area contributed by atoms with Crippen molar-refractivity contribution < 1.29 is 8.78 Å². The summed E-state index contributed by atoms with van der Waals surface area (Å²) in [7, 11) is 0. The molecule has 0 atom stereocenters. The van der Waals surface area contributed by atoms with E-state index in [4.69, 9.17) is 0 Å². The van der Waals surface area contributed by atoms with Crippen LogP contribution < -0.4 is 0 Å². The molecule has 0 spiro atoms. The van der Waals surface area contributed by atoms with Crippen molar-refractivity contribution >= 4 is 15.9 Å². The smallest absolute Gasteiger partial charge is 0.140 e. The molecule has 23 heavy (non-hydrogen) atoms. The molecular formula is C20H19BrF2. The Hall–Kier alpha value is -1.66. The van der Waals surface area contributed by atoms with Crippen molar-refractivity contribution in [2.45, 2.75) is 39.0 Å². The fourth-order valence-electron chi connectivity index (χ4n) is 2.27. The van der Waals surface area contributed by atoms with Crippen LogP contribution >= 0.6 is 15.9 Å². The lowest BCUT2D eigenvalue weighted by molar-refractivity contribution is 0.592. The summed E-state index contributed by atoms with van der Waals surface area (Å²) in [6.07, 6.45) is 6.04. The molecule has 3 heteroatoms. The lowest BCUT2D eigenvalue weighted by Crippen LogP contribution is -1.88. The number of aryl methyl sites for hydroxylation is 1. The Labute approximate surface area is 145 Å². The summed E-state index contributed by atoms with van der Waals surface area (Å²) < 4.78 is 27.2. The van der Waals surface area contributed by atoms with Crippen LogP contribution in [0, 0.1) is 23.5 Å². The van der Waals surface area contributed by atoms with Gasteiger partial charge in [0.15, 0.2) is 0 Å². The molecule has 0 aliphatic rings. The zero-order valence-electron chi connectivity index (χ0n) is 13.1. The molecule has 0 aliphatic carbocycles. The number of hydrogen-bond donors (Lipinski definition) is 0. The van der Waals surface area contributed by atoms with Gasteiger partial charge in [-0.25, -0.2) is 8.78 Å². The van der Waals surface area contributed by atoms with Crippen molar-refractivity contribution in [3.63, 3.8) is 0 Å². The van der Waals surface area contributed by atoms with Crippen molar-refractivity contribution in [2.75, 3.05) is 0 Å². The lowest BCUT2D eigenvalue weighted by atomic mass is 10.0. The molecule has 0 aliphatic heterocycles. The van der Waals surface area contributed by atoms with E-state index in [9.17, 15) is 8.78 Å². The minimum atomic E-state index is -0.529. The highest BCUT2D eigenvalue weighted by Gasteiger charge is 2.05. The van der Waals surface area contributed by atoms with Crippen molar-refractivity contribution in [1.82, 2.24) is 0 Å². The fraction of sp³-hybridized carbons (Fsp3) is 0.300. The number of hydrogen-bond acceptors (Lipinski definition) is 0. The summed E-state index contributed by atoms with van der Waals surface area (Å²) in [5.41, 5.74) is 2.15. The monoisotopic (exact) mass is 376 g/mol. The summed E-state index contributed by atoms with van der Waals surface area (Å²) in [6.45, 7) is 2.20. The highest BCUT2D eigenvalue weighted by Crippen LogP contribution is 2.19. The minimum Gasteiger partial charge on any atom is -0.206 e. The molecule has 0 N–H and O–H groups in total. The Bertz CT molecular complexity index is 709. The molecule has 2 rings (SSSR count). The number of rotatable bonds is 5. The van der Waals surface area contributed by atoms with Crippen molar-refractivity contribution in [3.05, 3.63) is 69.2 Å². The highest BCUT2D eigenvalue weighted by molar-refractivity contribution is 9.10. The van der Waals surface area contributed by atoms with Crippen LogP contribution in [0.3, 0.4) is 0 Å². The zero-order chi connectivity index (χ0) is 16.7. The second-order valence-corrected chi connectivity index (χ2v) is 6.36. The third-order valence-electron chi connectivity index (χ3n) is 3.62. The lowest BCUT2D eigenvalue weighted by Gasteiger charge is -2.01. The first-order chi connectivity index (χ1) is 11.1. The molecule has 0 unspecified atom stereocenters. The average molecular weight is 377 g/mol. The van der Waals surface area contributed by atoms with Crippen molar-refractivity contribution in [3.8, 4) is 11.8 Å². The van der Waals surface area contributed by atoms with E-state index >= 15 is 0 Å². The molecule has 0 aromatic heterocycles. The maximum atomic E-state index is 13.7. The number of halogens is 3. The van der Waals surface area contributed by atoms with Crippen LogP contribution in [0.2, 0.25) is 0 Å². The first-order valence-corrected chi connectivity index (χ1v) is 8.65. The SMILES string of the molecule is CCCCCCc1ccc(C#Cc2cc(F)c(Br)cc2F)cc1. The van der Waals surface area contributed by atoms with E-state index in [2.05, 4.69) is 46.8 Å². The zero-order valence-corrected chi connectivity index (χ0v) is 14.7. The van der Waals surface area contributed by atoms with E-state index in [1.165, 1.54) is 31.2 Å². The molecule has 0 bridgehead atoms. The quantitative estimate of drug-likeness (QED) is 0.328. The van der Waals surface area contributed by atoms with Gasteiger partial charge in [0.2, 0.25) is 0 Å². The summed E-state index contributed by atoms with van der Waals surface area (Å²) in [5, 5.41) is 0. The van der Waals surface area contributed by atoms with Gasteiger partial charge in [-0.2, -0.15) is 0 Å². The number of unbranched alkanes of at least 4 members (excludes halogenated alkanes) is 3. The van der Waals surface area contributed by atoms with E-state index in [0.29, 0.717) is 0 Å². The third kappa shape index (κ3) is 5.48. The molecule has 2 aromatic carbocycles. The molecule has 0 radical (unpaired) electrons. The van der Waals surface area contributed by atoms with E-state index in [-0.39, 0.29) is 10.0 Å². The minimum absolute atomic E-state index is 0.0642. The average Bonchev–Trinajstić information content (AvgIpc) is 2.55. The van der Waals surface area contributed by atoms with Gasteiger partial charge < -0.3 is 0 Å². The second kappa shape index (κ2) is 8.84. The first-order valence-electron chi connectivity index (χ1n) is 7.85. The van der Waals surface area contributed by atoms with E-state index in [1.807, 2.05) is 12.1 Å². The fourth-order valence-corrected chi connectivity index (χ4v) is 2.58. The molecule has 0 heterocycles. The largest absolute Gasteiger partial charge is 0.206 e. The van der Waals surface area contributed by atoms with Crippen LogP contribution in [0.25, 0.3) is 0 Å². The Balaban J connectivity index is 2.03. The Morgan fingerprint density at radius 1 is 0.913 bits per heavy atom. The van der Waals surface area contributed by atoms with E-state index in [1.54, 1.807) is 0 Å². The van der Waals surface area contributed by atoms with Crippen LogP contribution in [-0.4, -0.2) is 0 Å². The van der Waals surface area contributed by atoms with E-state index in [0.717, 1.165) is 24.1 Å². The molecule has 120 valence electrons. The maximum absolute atomic E-state index is 13.7. The standard InChI is InChI=1S/C20H19BrF2/c1-2-3-4-5-6-15-7-9-16(10-8-15)11-12-17-13-20(23)18(21)14-19(17)22/h7-10,13-14H,2-6H2,1H3. The predicted octanol–water partition coefficient (Wildman–Crippen LogP) is 6.25. The summed E-state index contributed by atoms with van der Waals surface area (Å²) >= 11 is 2.95. The Morgan fingerprint density at radius 3 is 2.35 bits per heavy atom.